The molecule has 2 aliphatic rings. The van der Waals surface area contributed by atoms with Gasteiger partial charge in [-0.25, -0.2) is 4.98 Å². The summed E-state index contributed by atoms with van der Waals surface area (Å²) in [6.45, 7) is 3.24. The number of rotatable bonds is 6. The van der Waals surface area contributed by atoms with Gasteiger partial charge in [0, 0.05) is 19.3 Å². The number of aromatic nitrogens is 2. The highest BCUT2D eigenvalue weighted by molar-refractivity contribution is 8.26. The Labute approximate surface area is 206 Å². The van der Waals surface area contributed by atoms with E-state index in [0.29, 0.717) is 32.8 Å². The van der Waals surface area contributed by atoms with Crippen LogP contribution in [0.4, 0.5) is 5.82 Å². The SMILES string of the molecule is C[C@H](c1ccccc1)N1C(=O)/C(=C/c2c(NC[C@@H]3CCCO3)nc3ccccn3c2=O)SC1=S. The average molecular weight is 493 g/mol. The number of thioether (sulfide) groups is 1. The van der Waals surface area contributed by atoms with Crippen molar-refractivity contribution >= 4 is 51.7 Å². The Morgan fingerprint density at radius 1 is 1.24 bits per heavy atom. The first kappa shape index (κ1) is 22.8. The lowest BCUT2D eigenvalue weighted by molar-refractivity contribution is -0.123. The number of hydrogen-bond acceptors (Lipinski definition) is 7. The number of anilines is 1. The Morgan fingerprint density at radius 2 is 2.03 bits per heavy atom. The molecule has 0 bridgehead atoms. The molecule has 0 radical (unpaired) electrons. The Morgan fingerprint density at radius 3 is 2.79 bits per heavy atom. The average Bonchev–Trinajstić information content (AvgIpc) is 3.47. The van der Waals surface area contributed by atoms with E-state index < -0.39 is 0 Å². The van der Waals surface area contributed by atoms with Crippen LogP contribution in [0.15, 0.2) is 64.4 Å². The quantitative estimate of drug-likeness (QED) is 0.407. The summed E-state index contributed by atoms with van der Waals surface area (Å²) in [5.74, 6) is 0.224. The molecule has 0 aliphatic carbocycles. The number of nitrogens with zero attached hydrogens (tertiary/aromatic N) is 3. The summed E-state index contributed by atoms with van der Waals surface area (Å²) < 4.78 is 7.66. The van der Waals surface area contributed by atoms with Crippen LogP contribution >= 0.6 is 24.0 Å². The van der Waals surface area contributed by atoms with Crippen molar-refractivity contribution in [2.75, 3.05) is 18.5 Å². The highest BCUT2D eigenvalue weighted by atomic mass is 32.2. The van der Waals surface area contributed by atoms with Crippen molar-refractivity contribution in [3.63, 3.8) is 0 Å². The number of carbonyl (C=O) groups is 1. The predicted molar refractivity (Wildman–Crippen MR) is 139 cm³/mol. The van der Waals surface area contributed by atoms with Crippen molar-refractivity contribution in [3.05, 3.63) is 81.1 Å². The first-order valence-electron chi connectivity index (χ1n) is 11.2. The summed E-state index contributed by atoms with van der Waals surface area (Å²) >= 11 is 6.76. The highest BCUT2D eigenvalue weighted by Crippen LogP contribution is 2.38. The molecule has 0 unspecified atom stereocenters. The molecule has 1 amide bonds. The van der Waals surface area contributed by atoms with Gasteiger partial charge in [-0.05, 0) is 43.5 Å². The molecule has 0 saturated carbocycles. The Hall–Kier alpha value is -3.01. The minimum Gasteiger partial charge on any atom is -0.376 e. The van der Waals surface area contributed by atoms with Gasteiger partial charge in [0.15, 0.2) is 0 Å². The maximum atomic E-state index is 13.4. The molecule has 2 atom stereocenters. The van der Waals surface area contributed by atoms with Gasteiger partial charge < -0.3 is 10.1 Å². The van der Waals surface area contributed by atoms with E-state index in [1.54, 1.807) is 29.3 Å². The number of hydrogen-bond donors (Lipinski definition) is 1. The lowest BCUT2D eigenvalue weighted by atomic mass is 10.1. The van der Waals surface area contributed by atoms with E-state index in [1.807, 2.05) is 43.3 Å². The van der Waals surface area contributed by atoms with Gasteiger partial charge in [-0.15, -0.1) is 0 Å². The topological polar surface area (TPSA) is 75.9 Å². The molecule has 1 N–H and O–H groups in total. The summed E-state index contributed by atoms with van der Waals surface area (Å²) in [5.41, 5.74) is 1.60. The smallest absolute Gasteiger partial charge is 0.267 e. The Balaban J connectivity index is 1.51. The molecule has 2 fully saturated rings. The lowest BCUT2D eigenvalue weighted by Gasteiger charge is -2.23. The van der Waals surface area contributed by atoms with Gasteiger partial charge in [-0.3, -0.25) is 18.9 Å². The number of fused-ring (bicyclic) bond motifs is 1. The van der Waals surface area contributed by atoms with E-state index in [4.69, 9.17) is 17.0 Å². The zero-order valence-corrected chi connectivity index (χ0v) is 20.3. The fraction of sp³-hybridized carbons (Fsp3) is 0.280. The molecule has 2 aromatic heterocycles. The van der Waals surface area contributed by atoms with Crippen molar-refractivity contribution in [3.8, 4) is 0 Å². The number of benzene rings is 1. The van der Waals surface area contributed by atoms with Crippen molar-refractivity contribution in [2.24, 2.45) is 0 Å². The minimum atomic E-state index is -0.248. The van der Waals surface area contributed by atoms with E-state index in [9.17, 15) is 9.59 Å². The number of thiocarbonyl (C=S) groups is 1. The maximum absolute atomic E-state index is 13.4. The number of pyridine rings is 1. The second kappa shape index (κ2) is 9.69. The van der Waals surface area contributed by atoms with Crippen molar-refractivity contribution in [1.29, 1.82) is 0 Å². The molecule has 1 aromatic carbocycles. The van der Waals surface area contributed by atoms with Gasteiger partial charge in [-0.2, -0.15) is 0 Å². The molecule has 0 spiro atoms. The van der Waals surface area contributed by atoms with Crippen LogP contribution in [0.25, 0.3) is 11.7 Å². The molecule has 3 aromatic rings. The predicted octanol–water partition coefficient (Wildman–Crippen LogP) is 4.25. The third kappa shape index (κ3) is 4.38. The second-order valence-corrected chi connectivity index (χ2v) is 9.94. The number of ether oxygens (including phenoxy) is 1. The van der Waals surface area contributed by atoms with Crippen LogP contribution in [-0.4, -0.2) is 43.8 Å². The van der Waals surface area contributed by atoms with E-state index in [1.165, 1.54) is 16.2 Å². The zero-order valence-electron chi connectivity index (χ0n) is 18.6. The first-order chi connectivity index (χ1) is 16.5. The van der Waals surface area contributed by atoms with Crippen LogP contribution in [0.2, 0.25) is 0 Å². The van der Waals surface area contributed by atoms with Crippen molar-refractivity contribution in [1.82, 2.24) is 14.3 Å². The number of amides is 1. The van der Waals surface area contributed by atoms with E-state index in [2.05, 4.69) is 10.3 Å². The Kier molecular flexibility index (Phi) is 6.49. The largest absolute Gasteiger partial charge is 0.376 e. The molecule has 34 heavy (non-hydrogen) atoms. The van der Waals surface area contributed by atoms with Crippen molar-refractivity contribution < 1.29 is 9.53 Å². The summed E-state index contributed by atoms with van der Waals surface area (Å²) in [6, 6.07) is 14.9. The highest BCUT2D eigenvalue weighted by Gasteiger charge is 2.36. The third-order valence-electron chi connectivity index (χ3n) is 6.06. The molecular weight excluding hydrogens is 468 g/mol. The third-order valence-corrected chi connectivity index (χ3v) is 7.39. The number of carbonyl (C=O) groups excluding carboxylic acids is 1. The molecule has 2 aliphatic heterocycles. The fourth-order valence-electron chi connectivity index (χ4n) is 4.21. The first-order valence-corrected chi connectivity index (χ1v) is 12.4. The van der Waals surface area contributed by atoms with Gasteiger partial charge >= 0.3 is 0 Å². The normalized spacial score (nSPS) is 20.4. The van der Waals surface area contributed by atoms with Gasteiger partial charge in [0.1, 0.15) is 15.8 Å². The fourth-order valence-corrected chi connectivity index (χ4v) is 5.61. The zero-order chi connectivity index (χ0) is 23.7. The second-order valence-electron chi connectivity index (χ2n) is 8.26. The molecule has 7 nitrogen and oxygen atoms in total. The van der Waals surface area contributed by atoms with Crippen molar-refractivity contribution in [2.45, 2.75) is 31.9 Å². The summed E-state index contributed by atoms with van der Waals surface area (Å²) in [4.78, 5) is 33.4. The van der Waals surface area contributed by atoms with Crippen LogP contribution in [0.1, 0.15) is 36.9 Å². The summed E-state index contributed by atoms with van der Waals surface area (Å²) in [6.07, 6.45) is 5.35. The van der Waals surface area contributed by atoms with Crippen LogP contribution in [0.3, 0.4) is 0 Å². The van der Waals surface area contributed by atoms with Crippen LogP contribution < -0.4 is 10.9 Å². The summed E-state index contributed by atoms with van der Waals surface area (Å²) in [7, 11) is 0. The maximum Gasteiger partial charge on any atom is 0.267 e. The molecule has 9 heteroatoms. The standard InChI is InChI=1S/C25H24N4O3S2/c1-16(17-8-3-2-4-9-17)29-24(31)20(34-25(29)33)14-19-22(26-15-18-10-7-13-32-18)27-21-11-5-6-12-28(21)23(19)30/h2-6,8-9,11-12,14,16,18,26H,7,10,13,15H2,1H3/b20-14-/t16-,18+/m1/s1. The number of nitrogens with one attached hydrogen (secondary N) is 1. The molecule has 5 rings (SSSR count). The van der Waals surface area contributed by atoms with Crippen LogP contribution in [0.5, 0.6) is 0 Å². The lowest BCUT2D eigenvalue weighted by Crippen LogP contribution is -2.31. The van der Waals surface area contributed by atoms with E-state index >= 15 is 0 Å². The summed E-state index contributed by atoms with van der Waals surface area (Å²) in [5, 5.41) is 3.29. The van der Waals surface area contributed by atoms with Crippen LogP contribution in [0, 0.1) is 0 Å². The Bertz CT molecular complexity index is 1330. The molecule has 4 heterocycles. The molecular formula is C25H24N4O3S2. The molecule has 174 valence electrons. The van der Waals surface area contributed by atoms with Crippen LogP contribution in [-0.2, 0) is 9.53 Å². The minimum absolute atomic E-state index is 0.0776. The molecule has 2 saturated heterocycles. The van der Waals surface area contributed by atoms with Gasteiger partial charge in [0.25, 0.3) is 11.5 Å². The van der Waals surface area contributed by atoms with Gasteiger partial charge in [-0.1, -0.05) is 60.4 Å². The van der Waals surface area contributed by atoms with E-state index in [-0.39, 0.29) is 23.6 Å². The van der Waals surface area contributed by atoms with Gasteiger partial charge in [0.2, 0.25) is 0 Å². The monoisotopic (exact) mass is 492 g/mol. The van der Waals surface area contributed by atoms with Gasteiger partial charge in [0.05, 0.1) is 22.6 Å². The van der Waals surface area contributed by atoms with E-state index in [0.717, 1.165) is 25.0 Å².